The number of likely N-dealkylation sites (tertiary alicyclic amines) is 1. The van der Waals surface area contributed by atoms with Gasteiger partial charge in [-0.1, -0.05) is 0 Å². The summed E-state index contributed by atoms with van der Waals surface area (Å²) in [5, 5.41) is 0. The Kier molecular flexibility index (Phi) is 12.5. The van der Waals surface area contributed by atoms with Crippen molar-refractivity contribution in [2.75, 3.05) is 53.9 Å². The van der Waals surface area contributed by atoms with E-state index in [1.54, 1.807) is 26.0 Å². The number of halogens is 2. The van der Waals surface area contributed by atoms with Crippen LogP contribution in [0.2, 0.25) is 0 Å². The number of hydrogen-bond donors (Lipinski definition) is 1. The van der Waals surface area contributed by atoms with Crippen molar-refractivity contribution < 1.29 is 13.6 Å². The van der Waals surface area contributed by atoms with Crippen LogP contribution in [0.5, 0.6) is 0 Å². The van der Waals surface area contributed by atoms with Crippen molar-refractivity contribution in [2.45, 2.75) is 71.0 Å². The zero-order chi connectivity index (χ0) is 35.2. The van der Waals surface area contributed by atoms with Crippen LogP contribution in [-0.2, 0) is 0 Å². The molecule has 4 heterocycles. The van der Waals surface area contributed by atoms with Crippen LogP contribution in [0.3, 0.4) is 0 Å². The number of carbonyl (C=O) groups excluding carboxylic acids is 1. The lowest BCUT2D eigenvalue weighted by atomic mass is 10.0. The third-order valence-corrected chi connectivity index (χ3v) is 9.71. The summed E-state index contributed by atoms with van der Waals surface area (Å²) in [5.41, 5.74) is 6.86. The van der Waals surface area contributed by atoms with Gasteiger partial charge in [0, 0.05) is 48.4 Å². The van der Waals surface area contributed by atoms with E-state index in [4.69, 9.17) is 0 Å². The van der Waals surface area contributed by atoms with E-state index in [-0.39, 0.29) is 28.6 Å². The number of hydrogen-bond acceptors (Lipinski definition) is 9. The van der Waals surface area contributed by atoms with E-state index in [1.165, 1.54) is 77.6 Å². The third kappa shape index (κ3) is 8.28. The minimum absolute atomic E-state index is 0.0452. The van der Waals surface area contributed by atoms with Crippen LogP contribution in [-0.4, -0.2) is 114 Å². The molecule has 260 valence electrons. The normalized spacial score (nSPS) is 19.1. The van der Waals surface area contributed by atoms with Gasteiger partial charge in [0.2, 0.25) is 0 Å². The highest BCUT2D eigenvalue weighted by Crippen LogP contribution is 2.44. The Labute approximate surface area is 283 Å². The first-order chi connectivity index (χ1) is 23.0. The Balaban J connectivity index is 0.000000241. The standard InChI is InChI=1S/C22H21F2N5O.C13H25N3.CH5N/c1-12(2)29-14(4)28-22-17(23)8-16(9-19(22)29)21(25-5)18(24)10-26-20-7-6-15(11-30)13(3)27-20;1-14-7-3-12(4-8-14)16-10-9-15(2)13(11-16)5-6-13;1-2/h6-12H,5H2,1-4H3;12H,3-11H2,1-2H3;2H2,1H3/b21-18+,26-10?;;. The summed E-state index contributed by atoms with van der Waals surface area (Å²) in [4.78, 5) is 34.9. The average molecular weight is 664 g/mol. The van der Waals surface area contributed by atoms with Gasteiger partial charge in [0.1, 0.15) is 17.0 Å². The number of aliphatic imine (C=N–C) groups is 2. The molecule has 0 amide bonds. The summed E-state index contributed by atoms with van der Waals surface area (Å²) < 4.78 is 31.4. The number of aryl methyl sites for hydroxylation is 2. The summed E-state index contributed by atoms with van der Waals surface area (Å²) in [6, 6.07) is 6.78. The molecule has 3 aromatic rings. The molecule has 12 heteroatoms. The maximum atomic E-state index is 14.8. The number of imidazole rings is 1. The number of allylic oxidation sites excluding steroid dienone is 1. The highest BCUT2D eigenvalue weighted by Gasteiger charge is 2.50. The largest absolute Gasteiger partial charge is 0.333 e. The molecule has 0 bridgehead atoms. The number of aldehydes is 1. The lowest BCUT2D eigenvalue weighted by Crippen LogP contribution is -2.57. The van der Waals surface area contributed by atoms with E-state index >= 15 is 0 Å². The number of aromatic nitrogens is 3. The number of nitrogens with zero attached hydrogens (tertiary/aromatic N) is 8. The Morgan fingerprint density at radius 2 is 1.77 bits per heavy atom. The summed E-state index contributed by atoms with van der Waals surface area (Å²) in [5.74, 6) is -0.477. The second kappa shape index (κ2) is 16.1. The van der Waals surface area contributed by atoms with Crippen LogP contribution < -0.4 is 5.73 Å². The predicted octanol–water partition coefficient (Wildman–Crippen LogP) is 5.76. The minimum atomic E-state index is -0.796. The molecule has 2 aliphatic heterocycles. The molecule has 0 unspecified atom stereocenters. The van der Waals surface area contributed by atoms with Gasteiger partial charge in [-0.2, -0.15) is 0 Å². The molecule has 6 rings (SSSR count). The van der Waals surface area contributed by atoms with E-state index in [2.05, 4.69) is 61.2 Å². The van der Waals surface area contributed by atoms with Gasteiger partial charge in [0.25, 0.3) is 0 Å². The number of pyridine rings is 1. The Morgan fingerprint density at radius 1 is 1.08 bits per heavy atom. The SMILES string of the molecule is C=N/C(=C(/F)C=Nc1ccc(C=O)c(C)n1)c1cc(F)c2nc(C)n(C(C)C)c2c1.CN.CN1CCC(N2CCN(C)C3(CC3)C2)CC1. The van der Waals surface area contributed by atoms with E-state index in [0.717, 1.165) is 12.3 Å². The molecule has 1 spiro atoms. The summed E-state index contributed by atoms with van der Waals surface area (Å²) >= 11 is 0. The average Bonchev–Trinajstić information content (AvgIpc) is 3.76. The molecule has 2 saturated heterocycles. The quantitative estimate of drug-likeness (QED) is 0.253. The number of likely N-dealkylation sites (N-methyl/N-ethyl adjacent to an activating group) is 1. The van der Waals surface area contributed by atoms with E-state index in [0.29, 0.717) is 34.4 Å². The number of piperazine rings is 1. The number of rotatable bonds is 7. The second-order valence-corrected chi connectivity index (χ2v) is 13.2. The van der Waals surface area contributed by atoms with Crippen molar-refractivity contribution in [3.8, 4) is 0 Å². The van der Waals surface area contributed by atoms with E-state index in [9.17, 15) is 13.6 Å². The predicted molar refractivity (Wildman–Crippen MR) is 192 cm³/mol. The van der Waals surface area contributed by atoms with Crippen LogP contribution in [0.1, 0.15) is 73.0 Å². The molecular weight excluding hydrogens is 612 g/mol. The zero-order valence-corrected chi connectivity index (χ0v) is 29.5. The Bertz CT molecular complexity index is 1650. The van der Waals surface area contributed by atoms with E-state index in [1.807, 2.05) is 18.4 Å². The molecule has 3 aliphatic rings. The number of nitrogens with two attached hydrogens (primary N) is 1. The van der Waals surface area contributed by atoms with Gasteiger partial charge in [-0.05, 0) is 119 Å². The van der Waals surface area contributed by atoms with Crippen LogP contribution in [0.4, 0.5) is 14.6 Å². The highest BCUT2D eigenvalue weighted by atomic mass is 19.1. The molecule has 10 nitrogen and oxygen atoms in total. The molecule has 2 N–H and O–H groups in total. The fraction of sp³-hybridized carbons (Fsp3) is 0.528. The van der Waals surface area contributed by atoms with Gasteiger partial charge in [-0.3, -0.25) is 19.6 Å². The highest BCUT2D eigenvalue weighted by molar-refractivity contribution is 5.92. The molecule has 0 radical (unpaired) electrons. The van der Waals surface area contributed by atoms with Crippen molar-refractivity contribution in [2.24, 2.45) is 15.7 Å². The molecule has 1 aromatic carbocycles. The van der Waals surface area contributed by atoms with Crippen LogP contribution in [0, 0.1) is 19.7 Å². The lowest BCUT2D eigenvalue weighted by Gasteiger charge is -2.45. The number of piperidine rings is 1. The first-order valence-electron chi connectivity index (χ1n) is 16.7. The van der Waals surface area contributed by atoms with Crippen LogP contribution >= 0.6 is 0 Å². The first-order valence-corrected chi connectivity index (χ1v) is 16.7. The van der Waals surface area contributed by atoms with Gasteiger partial charge >= 0.3 is 0 Å². The van der Waals surface area contributed by atoms with Crippen LogP contribution in [0.25, 0.3) is 16.7 Å². The number of fused-ring (bicyclic) bond motifs is 1. The Hall–Kier alpha value is -3.71. The van der Waals surface area contributed by atoms with Crippen molar-refractivity contribution in [1.29, 1.82) is 0 Å². The number of carbonyl (C=O) groups is 1. The fourth-order valence-electron chi connectivity index (χ4n) is 6.75. The molecule has 1 aliphatic carbocycles. The first kappa shape index (κ1) is 37.1. The fourth-order valence-corrected chi connectivity index (χ4v) is 6.75. The van der Waals surface area contributed by atoms with Gasteiger partial charge in [0.15, 0.2) is 23.7 Å². The molecule has 2 aromatic heterocycles. The lowest BCUT2D eigenvalue weighted by molar-refractivity contribution is 0.0301. The second-order valence-electron chi connectivity index (χ2n) is 13.2. The molecule has 3 fully saturated rings. The molecule has 48 heavy (non-hydrogen) atoms. The summed E-state index contributed by atoms with van der Waals surface area (Å²) in [7, 11) is 6.07. The van der Waals surface area contributed by atoms with Crippen molar-refractivity contribution in [3.05, 3.63) is 58.6 Å². The van der Waals surface area contributed by atoms with Crippen LogP contribution in [0.15, 0.2) is 40.1 Å². The van der Waals surface area contributed by atoms with Gasteiger partial charge in [-0.25, -0.2) is 23.7 Å². The van der Waals surface area contributed by atoms with E-state index < -0.39 is 11.6 Å². The topological polar surface area (TPSA) is 108 Å². The molecule has 1 saturated carbocycles. The molecule has 0 atom stereocenters. The van der Waals surface area contributed by atoms with Gasteiger partial charge in [0.05, 0.1) is 17.4 Å². The third-order valence-electron chi connectivity index (χ3n) is 9.71. The monoisotopic (exact) mass is 663 g/mol. The van der Waals surface area contributed by atoms with Gasteiger partial charge < -0.3 is 15.2 Å². The summed E-state index contributed by atoms with van der Waals surface area (Å²) in [6.45, 7) is 17.3. The number of benzene rings is 1. The maximum Gasteiger partial charge on any atom is 0.167 e. The smallest absolute Gasteiger partial charge is 0.167 e. The Morgan fingerprint density at radius 3 is 2.35 bits per heavy atom. The van der Waals surface area contributed by atoms with Crippen molar-refractivity contribution in [3.63, 3.8) is 0 Å². The molecular formula is C36H51F2N9O. The zero-order valence-electron chi connectivity index (χ0n) is 29.5. The minimum Gasteiger partial charge on any atom is -0.333 e. The van der Waals surface area contributed by atoms with Crippen molar-refractivity contribution in [1.82, 2.24) is 29.2 Å². The van der Waals surface area contributed by atoms with Crippen molar-refractivity contribution >= 4 is 41.8 Å². The van der Waals surface area contributed by atoms with Gasteiger partial charge in [-0.15, -0.1) is 0 Å². The summed E-state index contributed by atoms with van der Waals surface area (Å²) in [6.07, 6.45) is 7.27. The maximum absolute atomic E-state index is 14.8.